The van der Waals surface area contributed by atoms with E-state index < -0.39 is 11.2 Å². The van der Waals surface area contributed by atoms with E-state index in [-0.39, 0.29) is 0 Å². The van der Waals surface area contributed by atoms with Crippen molar-refractivity contribution in [1.29, 1.82) is 0 Å². The quantitative estimate of drug-likeness (QED) is 0.598. The molecule has 0 aliphatic heterocycles. The van der Waals surface area contributed by atoms with Crippen molar-refractivity contribution in [2.24, 2.45) is 7.05 Å². The van der Waals surface area contributed by atoms with Crippen LogP contribution in [0.15, 0.2) is 22.0 Å². The highest BCUT2D eigenvalue weighted by Gasteiger charge is 2.07. The molecular formula is C7H7N5O2. The number of H-pyrrole nitrogens is 2. The van der Waals surface area contributed by atoms with Gasteiger partial charge in [-0.3, -0.25) is 14.9 Å². The largest absolute Gasteiger partial charge is 0.328 e. The van der Waals surface area contributed by atoms with Gasteiger partial charge in [0.2, 0.25) is 0 Å². The molecule has 0 aromatic carbocycles. The highest BCUT2D eigenvalue weighted by molar-refractivity contribution is 5.54. The Morgan fingerprint density at radius 3 is 2.86 bits per heavy atom. The first kappa shape index (κ1) is 8.42. The second-order valence-corrected chi connectivity index (χ2v) is 2.77. The maximum Gasteiger partial charge on any atom is 0.328 e. The van der Waals surface area contributed by atoms with Gasteiger partial charge in [-0.15, -0.1) is 5.10 Å². The molecule has 2 N–H and O–H groups in total. The molecule has 2 rings (SSSR count). The van der Waals surface area contributed by atoms with Crippen molar-refractivity contribution < 1.29 is 0 Å². The Morgan fingerprint density at radius 1 is 1.43 bits per heavy atom. The lowest BCUT2D eigenvalue weighted by atomic mass is 10.2. The molecule has 0 radical (unpaired) electrons. The van der Waals surface area contributed by atoms with Crippen LogP contribution in [0.25, 0.3) is 11.3 Å². The van der Waals surface area contributed by atoms with Crippen molar-refractivity contribution in [3.05, 3.63) is 33.2 Å². The van der Waals surface area contributed by atoms with Crippen molar-refractivity contribution in [2.75, 3.05) is 0 Å². The molecule has 0 fully saturated rings. The number of aromatic nitrogens is 5. The van der Waals surface area contributed by atoms with Crippen molar-refractivity contribution in [3.63, 3.8) is 0 Å². The van der Waals surface area contributed by atoms with Crippen LogP contribution < -0.4 is 11.2 Å². The molecule has 0 amide bonds. The Hall–Kier alpha value is -2.18. The third-order valence-electron chi connectivity index (χ3n) is 1.80. The second kappa shape index (κ2) is 2.95. The lowest BCUT2D eigenvalue weighted by Gasteiger charge is -1.97. The van der Waals surface area contributed by atoms with Crippen LogP contribution in [0.1, 0.15) is 0 Å². The fourth-order valence-electron chi connectivity index (χ4n) is 1.08. The smallest absolute Gasteiger partial charge is 0.303 e. The predicted octanol–water partition coefficient (Wildman–Crippen LogP) is -1.14. The van der Waals surface area contributed by atoms with Gasteiger partial charge < -0.3 is 4.57 Å². The van der Waals surface area contributed by atoms with Gasteiger partial charge in [-0.05, 0) is 0 Å². The van der Waals surface area contributed by atoms with Crippen LogP contribution in [0.3, 0.4) is 0 Å². The average molecular weight is 193 g/mol. The summed E-state index contributed by atoms with van der Waals surface area (Å²) in [5.74, 6) is 0. The second-order valence-electron chi connectivity index (χ2n) is 2.77. The molecule has 2 aromatic heterocycles. The van der Waals surface area contributed by atoms with E-state index in [9.17, 15) is 9.59 Å². The SMILES string of the molecule is Cn1cc(-c2c[nH]nn2)c(=O)[nH]c1=O. The zero-order valence-electron chi connectivity index (χ0n) is 7.31. The van der Waals surface area contributed by atoms with Crippen molar-refractivity contribution >= 4 is 0 Å². The van der Waals surface area contributed by atoms with E-state index in [4.69, 9.17) is 0 Å². The summed E-state index contributed by atoms with van der Waals surface area (Å²) in [5.41, 5.74) is -0.216. The number of nitrogens with one attached hydrogen (secondary N) is 2. The Labute approximate surface area is 77.4 Å². The van der Waals surface area contributed by atoms with E-state index in [2.05, 4.69) is 20.4 Å². The first-order chi connectivity index (χ1) is 6.68. The zero-order chi connectivity index (χ0) is 10.1. The lowest BCUT2D eigenvalue weighted by molar-refractivity contribution is 0.801. The van der Waals surface area contributed by atoms with Crippen molar-refractivity contribution in [3.8, 4) is 11.3 Å². The van der Waals surface area contributed by atoms with Crippen molar-refractivity contribution in [1.82, 2.24) is 25.0 Å². The van der Waals surface area contributed by atoms with E-state index in [1.165, 1.54) is 17.0 Å². The molecule has 0 aliphatic rings. The van der Waals surface area contributed by atoms with Crippen molar-refractivity contribution in [2.45, 2.75) is 0 Å². The number of hydrogen-bond acceptors (Lipinski definition) is 4. The molecule has 0 saturated carbocycles. The molecule has 2 heterocycles. The van der Waals surface area contributed by atoms with Crippen LogP contribution in [0.5, 0.6) is 0 Å². The molecule has 7 heteroatoms. The maximum absolute atomic E-state index is 11.3. The summed E-state index contributed by atoms with van der Waals surface area (Å²) in [4.78, 5) is 24.5. The molecule has 72 valence electrons. The topological polar surface area (TPSA) is 96.4 Å². The van der Waals surface area contributed by atoms with Crippen LogP contribution in [-0.2, 0) is 7.05 Å². The number of aryl methyl sites for hydroxylation is 1. The Balaban J connectivity index is 2.72. The van der Waals surface area contributed by atoms with Gasteiger partial charge in [-0.25, -0.2) is 4.79 Å². The zero-order valence-corrected chi connectivity index (χ0v) is 7.31. The first-order valence-corrected chi connectivity index (χ1v) is 3.85. The van der Waals surface area contributed by atoms with Crippen LogP contribution in [-0.4, -0.2) is 25.0 Å². The summed E-state index contributed by atoms with van der Waals surface area (Å²) >= 11 is 0. The van der Waals surface area contributed by atoms with E-state index >= 15 is 0 Å². The van der Waals surface area contributed by atoms with Crippen LogP contribution in [0.2, 0.25) is 0 Å². The highest BCUT2D eigenvalue weighted by atomic mass is 16.2. The molecule has 0 bridgehead atoms. The van der Waals surface area contributed by atoms with E-state index in [0.29, 0.717) is 11.3 Å². The average Bonchev–Trinajstić information content (AvgIpc) is 2.64. The summed E-state index contributed by atoms with van der Waals surface area (Å²) in [6, 6.07) is 0. The highest BCUT2D eigenvalue weighted by Crippen LogP contribution is 2.06. The first-order valence-electron chi connectivity index (χ1n) is 3.85. The molecule has 0 atom stereocenters. The summed E-state index contributed by atoms with van der Waals surface area (Å²) in [5, 5.41) is 9.64. The maximum atomic E-state index is 11.3. The van der Waals surface area contributed by atoms with Gasteiger partial charge >= 0.3 is 5.69 Å². The molecule has 0 saturated heterocycles. The van der Waals surface area contributed by atoms with Gasteiger partial charge in [-0.1, -0.05) is 5.21 Å². The van der Waals surface area contributed by atoms with E-state index in [1.807, 2.05) is 0 Å². The van der Waals surface area contributed by atoms with Gasteiger partial charge in [0.05, 0.1) is 11.8 Å². The van der Waals surface area contributed by atoms with E-state index in [0.717, 1.165) is 0 Å². The van der Waals surface area contributed by atoms with Gasteiger partial charge in [0.25, 0.3) is 5.56 Å². The van der Waals surface area contributed by atoms with Gasteiger partial charge in [0, 0.05) is 13.2 Å². The van der Waals surface area contributed by atoms with Gasteiger partial charge in [-0.2, -0.15) is 0 Å². The molecule has 0 spiro atoms. The third kappa shape index (κ3) is 1.24. The third-order valence-corrected chi connectivity index (χ3v) is 1.80. The Morgan fingerprint density at radius 2 is 2.21 bits per heavy atom. The molecule has 14 heavy (non-hydrogen) atoms. The fourth-order valence-corrected chi connectivity index (χ4v) is 1.08. The normalized spacial score (nSPS) is 10.4. The summed E-state index contributed by atoms with van der Waals surface area (Å²) in [6.07, 6.45) is 2.90. The molecule has 0 unspecified atom stereocenters. The van der Waals surface area contributed by atoms with Gasteiger partial charge in [0.1, 0.15) is 5.69 Å². The lowest BCUT2D eigenvalue weighted by Crippen LogP contribution is -2.28. The van der Waals surface area contributed by atoms with Crippen LogP contribution >= 0.6 is 0 Å². The summed E-state index contributed by atoms with van der Waals surface area (Å²) < 4.78 is 1.27. The minimum atomic E-state index is -0.470. The number of aromatic amines is 2. The minimum Gasteiger partial charge on any atom is -0.303 e. The standard InChI is InChI=1S/C7H7N5O2/c1-12-3-4(5-2-8-11-10-5)6(13)9-7(12)14/h2-3H,1H3,(H,8,10,11)(H,9,13,14). The predicted molar refractivity (Wildman–Crippen MR) is 47.7 cm³/mol. The summed E-state index contributed by atoms with van der Waals surface area (Å²) in [6.45, 7) is 0. The summed E-state index contributed by atoms with van der Waals surface area (Å²) in [7, 11) is 1.54. The fraction of sp³-hybridized carbons (Fsp3) is 0.143. The Kier molecular flexibility index (Phi) is 1.77. The molecular weight excluding hydrogens is 186 g/mol. The molecule has 7 nitrogen and oxygen atoms in total. The number of nitrogens with zero attached hydrogens (tertiary/aromatic N) is 3. The van der Waals surface area contributed by atoms with Crippen LogP contribution in [0, 0.1) is 0 Å². The molecule has 2 aromatic rings. The van der Waals surface area contributed by atoms with E-state index in [1.54, 1.807) is 7.05 Å². The van der Waals surface area contributed by atoms with Crippen LogP contribution in [0.4, 0.5) is 0 Å². The van der Waals surface area contributed by atoms with Gasteiger partial charge in [0.15, 0.2) is 0 Å². The number of hydrogen-bond donors (Lipinski definition) is 2. The minimum absolute atomic E-state index is 0.306. The molecule has 0 aliphatic carbocycles. The number of rotatable bonds is 1. The Bertz CT molecular complexity index is 550. The monoisotopic (exact) mass is 193 g/mol.